The number of imidazole rings is 1. The number of aromatic amines is 1. The number of rotatable bonds is 2. The van der Waals surface area contributed by atoms with E-state index in [1.54, 1.807) is 6.07 Å². The molecule has 0 saturated heterocycles. The van der Waals surface area contributed by atoms with E-state index in [-0.39, 0.29) is 11.6 Å². The predicted octanol–water partition coefficient (Wildman–Crippen LogP) is 0.0775. The van der Waals surface area contributed by atoms with Gasteiger partial charge in [-0.05, 0) is 12.1 Å². The van der Waals surface area contributed by atoms with Gasteiger partial charge in [-0.15, -0.1) is 0 Å². The Balaban J connectivity index is 1.89. The number of H-pyrrole nitrogens is 1. The van der Waals surface area contributed by atoms with Crippen LogP contribution in [0.2, 0.25) is 0 Å². The van der Waals surface area contributed by atoms with Crippen molar-refractivity contribution in [1.82, 2.24) is 20.8 Å². The maximum atomic E-state index is 11.3. The van der Waals surface area contributed by atoms with Gasteiger partial charge in [0, 0.05) is 12.4 Å². The summed E-state index contributed by atoms with van der Waals surface area (Å²) in [4.78, 5) is 29.0. The fourth-order valence-electron chi connectivity index (χ4n) is 1.03. The number of nitrogens with one attached hydrogen (secondary N) is 3. The summed E-state index contributed by atoms with van der Waals surface area (Å²) in [7, 11) is 0. The number of carbonyl (C=O) groups is 2. The molecule has 0 aliphatic heterocycles. The molecule has 7 nitrogen and oxygen atoms in total. The van der Waals surface area contributed by atoms with Crippen molar-refractivity contribution in [3.05, 3.63) is 42.4 Å². The highest BCUT2D eigenvalue weighted by molar-refractivity contribution is 5.95. The van der Waals surface area contributed by atoms with Crippen molar-refractivity contribution >= 4 is 11.8 Å². The van der Waals surface area contributed by atoms with E-state index in [0.717, 1.165) is 0 Å². The maximum absolute atomic E-state index is 11.3. The zero-order valence-corrected chi connectivity index (χ0v) is 8.06. The molecule has 0 atom stereocenters. The molecule has 0 radical (unpaired) electrons. The first-order valence-corrected chi connectivity index (χ1v) is 4.41. The van der Waals surface area contributed by atoms with Gasteiger partial charge in [-0.3, -0.25) is 20.4 Å². The molecular formula is C9H8N4O3. The molecule has 2 aromatic heterocycles. The van der Waals surface area contributed by atoms with Gasteiger partial charge in [0.15, 0.2) is 11.6 Å². The first-order valence-electron chi connectivity index (χ1n) is 4.41. The molecule has 0 aliphatic carbocycles. The van der Waals surface area contributed by atoms with Crippen molar-refractivity contribution in [3.63, 3.8) is 0 Å². The lowest BCUT2D eigenvalue weighted by molar-refractivity contribution is 0.0826. The Bertz CT molecular complexity index is 429. The largest absolute Gasteiger partial charge is 0.459 e. The van der Waals surface area contributed by atoms with Crippen LogP contribution in [0, 0.1) is 0 Å². The summed E-state index contributed by atoms with van der Waals surface area (Å²) in [6.45, 7) is 0. The van der Waals surface area contributed by atoms with Crippen molar-refractivity contribution in [2.45, 2.75) is 0 Å². The monoisotopic (exact) mass is 220 g/mol. The Morgan fingerprint density at radius 2 is 2.12 bits per heavy atom. The van der Waals surface area contributed by atoms with E-state index in [9.17, 15) is 9.59 Å². The molecule has 0 spiro atoms. The van der Waals surface area contributed by atoms with Gasteiger partial charge >= 0.3 is 11.8 Å². The second-order valence-electron chi connectivity index (χ2n) is 2.82. The Kier molecular flexibility index (Phi) is 2.68. The number of nitrogens with zero attached hydrogens (tertiary/aromatic N) is 1. The maximum Gasteiger partial charge on any atom is 0.305 e. The summed E-state index contributed by atoms with van der Waals surface area (Å²) in [5.74, 6) is -0.852. The molecule has 7 heteroatoms. The highest BCUT2D eigenvalue weighted by Gasteiger charge is 2.11. The van der Waals surface area contributed by atoms with Crippen LogP contribution in [0.4, 0.5) is 0 Å². The van der Waals surface area contributed by atoms with Crippen LogP contribution in [0.3, 0.4) is 0 Å². The van der Waals surface area contributed by atoms with Crippen LogP contribution in [-0.2, 0) is 0 Å². The molecular weight excluding hydrogens is 212 g/mol. The topological polar surface area (TPSA) is 100 Å². The first kappa shape index (κ1) is 9.97. The van der Waals surface area contributed by atoms with Gasteiger partial charge in [0.05, 0.1) is 6.26 Å². The molecule has 0 fully saturated rings. The van der Waals surface area contributed by atoms with E-state index >= 15 is 0 Å². The van der Waals surface area contributed by atoms with Crippen LogP contribution >= 0.6 is 0 Å². The highest BCUT2D eigenvalue weighted by Crippen LogP contribution is 1.98. The standard InChI is InChI=1S/C9H8N4O3/c14-8(6-2-1-5-16-6)12-13-9(15)7-10-3-4-11-7/h1-5H,(H,10,11)(H,12,14)(H,13,15). The lowest BCUT2D eigenvalue weighted by Gasteiger charge is -2.03. The van der Waals surface area contributed by atoms with E-state index in [2.05, 4.69) is 20.8 Å². The predicted molar refractivity (Wildman–Crippen MR) is 52.2 cm³/mol. The normalized spacial score (nSPS) is 9.75. The van der Waals surface area contributed by atoms with Gasteiger partial charge < -0.3 is 9.40 Å². The molecule has 2 amide bonds. The average molecular weight is 220 g/mol. The second kappa shape index (κ2) is 4.30. The Hall–Kier alpha value is -2.57. The average Bonchev–Trinajstić information content (AvgIpc) is 2.95. The number of amides is 2. The minimum Gasteiger partial charge on any atom is -0.459 e. The molecule has 0 unspecified atom stereocenters. The lowest BCUT2D eigenvalue weighted by Crippen LogP contribution is -2.41. The van der Waals surface area contributed by atoms with E-state index < -0.39 is 11.8 Å². The first-order chi connectivity index (χ1) is 7.77. The van der Waals surface area contributed by atoms with Crippen LogP contribution < -0.4 is 10.9 Å². The summed E-state index contributed by atoms with van der Waals surface area (Å²) in [6, 6.07) is 3.05. The molecule has 3 N–H and O–H groups in total. The molecule has 2 rings (SSSR count). The molecule has 0 aliphatic rings. The number of hydrogen-bond acceptors (Lipinski definition) is 4. The number of furan rings is 1. The molecule has 82 valence electrons. The van der Waals surface area contributed by atoms with Crippen LogP contribution in [0.5, 0.6) is 0 Å². The zero-order chi connectivity index (χ0) is 11.4. The van der Waals surface area contributed by atoms with Crippen LogP contribution in [0.1, 0.15) is 21.2 Å². The molecule has 0 saturated carbocycles. The van der Waals surface area contributed by atoms with Gasteiger partial charge in [0.1, 0.15) is 0 Å². The molecule has 0 aromatic carbocycles. The summed E-state index contributed by atoms with van der Waals surface area (Å²) in [5.41, 5.74) is 4.36. The van der Waals surface area contributed by atoms with Gasteiger partial charge in [-0.1, -0.05) is 0 Å². The van der Waals surface area contributed by atoms with E-state index in [0.29, 0.717) is 0 Å². The zero-order valence-electron chi connectivity index (χ0n) is 8.06. The number of hydrogen-bond donors (Lipinski definition) is 3. The Morgan fingerprint density at radius 3 is 2.75 bits per heavy atom. The molecule has 2 heterocycles. The van der Waals surface area contributed by atoms with Crippen molar-refractivity contribution in [2.24, 2.45) is 0 Å². The number of aromatic nitrogens is 2. The summed E-state index contributed by atoms with van der Waals surface area (Å²) in [5, 5.41) is 0. The second-order valence-corrected chi connectivity index (χ2v) is 2.82. The minimum atomic E-state index is -0.537. The van der Waals surface area contributed by atoms with Crippen molar-refractivity contribution in [1.29, 1.82) is 0 Å². The smallest absolute Gasteiger partial charge is 0.305 e. The molecule has 16 heavy (non-hydrogen) atoms. The fourth-order valence-corrected chi connectivity index (χ4v) is 1.03. The third-order valence-electron chi connectivity index (χ3n) is 1.75. The van der Waals surface area contributed by atoms with Crippen LogP contribution in [-0.4, -0.2) is 21.8 Å². The van der Waals surface area contributed by atoms with Gasteiger partial charge in [0.25, 0.3) is 0 Å². The summed E-state index contributed by atoms with van der Waals surface area (Å²) in [6.07, 6.45) is 4.30. The van der Waals surface area contributed by atoms with Crippen molar-refractivity contribution in [3.8, 4) is 0 Å². The lowest BCUT2D eigenvalue weighted by atomic mass is 10.4. The molecule has 2 aromatic rings. The quantitative estimate of drug-likeness (QED) is 0.624. The van der Waals surface area contributed by atoms with Gasteiger partial charge in [-0.25, -0.2) is 4.98 Å². The van der Waals surface area contributed by atoms with Gasteiger partial charge in [0.2, 0.25) is 0 Å². The Labute approximate surface area is 89.8 Å². The van der Waals surface area contributed by atoms with E-state index in [4.69, 9.17) is 4.42 Å². The third-order valence-corrected chi connectivity index (χ3v) is 1.75. The van der Waals surface area contributed by atoms with E-state index in [1.165, 1.54) is 24.7 Å². The minimum absolute atomic E-state index is 0.111. The fraction of sp³-hybridized carbons (Fsp3) is 0. The van der Waals surface area contributed by atoms with Gasteiger partial charge in [-0.2, -0.15) is 0 Å². The Morgan fingerprint density at radius 1 is 1.31 bits per heavy atom. The van der Waals surface area contributed by atoms with Crippen molar-refractivity contribution in [2.75, 3.05) is 0 Å². The molecule has 0 bridgehead atoms. The van der Waals surface area contributed by atoms with Crippen LogP contribution in [0.25, 0.3) is 0 Å². The highest BCUT2D eigenvalue weighted by atomic mass is 16.3. The third kappa shape index (κ3) is 2.08. The van der Waals surface area contributed by atoms with Crippen molar-refractivity contribution < 1.29 is 14.0 Å². The summed E-state index contributed by atoms with van der Waals surface area (Å²) < 4.78 is 4.83. The SMILES string of the molecule is O=C(NNC(=O)c1ccco1)c1ncc[nH]1. The number of carbonyl (C=O) groups excluding carboxylic acids is 2. The van der Waals surface area contributed by atoms with Crippen LogP contribution in [0.15, 0.2) is 35.2 Å². The number of hydrazine groups is 1. The van der Waals surface area contributed by atoms with E-state index in [1.807, 2.05) is 0 Å². The summed E-state index contributed by atoms with van der Waals surface area (Å²) >= 11 is 0.